The van der Waals surface area contributed by atoms with Crippen LogP contribution in [0.1, 0.15) is 16.5 Å². The molecule has 0 spiro atoms. The van der Waals surface area contributed by atoms with Crippen molar-refractivity contribution < 1.29 is 10.2 Å². The lowest BCUT2D eigenvalue weighted by atomic mass is 10.0. The predicted molar refractivity (Wildman–Crippen MR) is 94.9 cm³/mol. The van der Waals surface area contributed by atoms with Gasteiger partial charge in [-0.1, -0.05) is 6.07 Å². The van der Waals surface area contributed by atoms with Gasteiger partial charge in [0, 0.05) is 42.7 Å². The zero-order valence-corrected chi connectivity index (χ0v) is 14.4. The molecule has 1 aliphatic rings. The van der Waals surface area contributed by atoms with Gasteiger partial charge in [-0.05, 0) is 23.6 Å². The van der Waals surface area contributed by atoms with Crippen LogP contribution in [0.2, 0.25) is 0 Å². The third-order valence-corrected chi connectivity index (χ3v) is 4.56. The molecule has 3 rings (SSSR count). The molecule has 0 aliphatic carbocycles. The fourth-order valence-corrected chi connectivity index (χ4v) is 3.56. The van der Waals surface area contributed by atoms with Crippen molar-refractivity contribution in [1.29, 1.82) is 0 Å². The number of hydrogen-bond acceptors (Lipinski definition) is 5. The Balaban J connectivity index is 0.00000121. The molecule has 0 amide bonds. The van der Waals surface area contributed by atoms with E-state index in [1.165, 1.54) is 10.9 Å². The van der Waals surface area contributed by atoms with E-state index in [-0.39, 0.29) is 42.4 Å². The van der Waals surface area contributed by atoms with Gasteiger partial charge in [0.2, 0.25) is 0 Å². The summed E-state index contributed by atoms with van der Waals surface area (Å²) in [6.07, 6.45) is 0. The van der Waals surface area contributed by atoms with E-state index in [1.807, 2.05) is 12.1 Å². The molecule has 1 atom stereocenters. The molecule has 122 valence electrons. The molecule has 4 nitrogen and oxygen atoms in total. The zero-order valence-electron chi connectivity index (χ0n) is 11.9. The molecule has 3 N–H and O–H groups in total. The maximum absolute atomic E-state index is 10.2. The molecule has 0 radical (unpaired) electrons. The first-order valence-corrected chi connectivity index (χ1v) is 7.64. The summed E-state index contributed by atoms with van der Waals surface area (Å²) in [4.78, 5) is 3.59. The highest BCUT2D eigenvalue weighted by molar-refractivity contribution is 7.10. The van der Waals surface area contributed by atoms with Crippen LogP contribution in [0.5, 0.6) is 11.5 Å². The predicted octanol–water partition coefficient (Wildman–Crippen LogP) is 3.00. The van der Waals surface area contributed by atoms with Crippen LogP contribution < -0.4 is 5.32 Å². The minimum atomic E-state index is 0. The van der Waals surface area contributed by atoms with Crippen molar-refractivity contribution in [2.24, 2.45) is 0 Å². The summed E-state index contributed by atoms with van der Waals surface area (Å²) in [6, 6.07) is 9.06. The lowest BCUT2D eigenvalue weighted by molar-refractivity contribution is 0.198. The van der Waals surface area contributed by atoms with Gasteiger partial charge >= 0.3 is 0 Å². The van der Waals surface area contributed by atoms with Crippen molar-refractivity contribution in [3.05, 3.63) is 46.2 Å². The summed E-state index contributed by atoms with van der Waals surface area (Å²) in [6.45, 7) is 3.81. The summed E-state index contributed by atoms with van der Waals surface area (Å²) >= 11 is 1.70. The monoisotopic (exact) mass is 362 g/mol. The number of nitrogens with one attached hydrogen (secondary N) is 1. The van der Waals surface area contributed by atoms with Gasteiger partial charge in [0.1, 0.15) is 11.5 Å². The highest BCUT2D eigenvalue weighted by Crippen LogP contribution is 2.37. The first kappa shape index (κ1) is 19.1. The summed E-state index contributed by atoms with van der Waals surface area (Å²) in [5.41, 5.74) is 0.854. The minimum absolute atomic E-state index is 0. The average molecular weight is 363 g/mol. The topological polar surface area (TPSA) is 55.7 Å². The van der Waals surface area contributed by atoms with Gasteiger partial charge in [0.25, 0.3) is 0 Å². The first-order chi connectivity index (χ1) is 9.75. The van der Waals surface area contributed by atoms with Crippen LogP contribution in [0.15, 0.2) is 35.7 Å². The standard InChI is InChI=1S/C15H18N2O2S.2ClH/c18-11-3-4-12(13(19)10-11)15(14-2-1-9-20-14)17-7-5-16-6-8-17;;/h1-4,9-10,15-16,18-19H,5-8H2;2*1H/t15-;;/m1../s1. The van der Waals surface area contributed by atoms with E-state index >= 15 is 0 Å². The van der Waals surface area contributed by atoms with E-state index in [0.29, 0.717) is 0 Å². The lowest BCUT2D eigenvalue weighted by Crippen LogP contribution is -2.45. The number of piperazine rings is 1. The van der Waals surface area contributed by atoms with Crippen LogP contribution in [0.4, 0.5) is 0 Å². The van der Waals surface area contributed by atoms with Crippen molar-refractivity contribution in [2.75, 3.05) is 26.2 Å². The average Bonchev–Trinajstić information content (AvgIpc) is 2.97. The van der Waals surface area contributed by atoms with Crippen molar-refractivity contribution in [1.82, 2.24) is 10.2 Å². The molecule has 1 fully saturated rings. The van der Waals surface area contributed by atoms with E-state index in [1.54, 1.807) is 17.4 Å². The molecular weight excluding hydrogens is 343 g/mol. The third kappa shape index (κ3) is 4.06. The Labute approximate surface area is 146 Å². The van der Waals surface area contributed by atoms with E-state index in [0.717, 1.165) is 31.7 Å². The van der Waals surface area contributed by atoms with Crippen molar-refractivity contribution in [3.63, 3.8) is 0 Å². The number of halogens is 2. The molecule has 0 unspecified atom stereocenters. The summed E-state index contributed by atoms with van der Waals surface area (Å²) in [5, 5.41) is 25.1. The van der Waals surface area contributed by atoms with Gasteiger partial charge in [-0.3, -0.25) is 4.90 Å². The summed E-state index contributed by atoms with van der Waals surface area (Å²) in [7, 11) is 0. The molecule has 1 aliphatic heterocycles. The Bertz CT molecular complexity index is 575. The van der Waals surface area contributed by atoms with Crippen LogP contribution in [-0.2, 0) is 0 Å². The molecule has 7 heteroatoms. The van der Waals surface area contributed by atoms with Gasteiger partial charge in [-0.2, -0.15) is 0 Å². The Hall–Kier alpha value is -0.980. The summed E-state index contributed by atoms with van der Waals surface area (Å²) < 4.78 is 0. The zero-order chi connectivity index (χ0) is 13.9. The molecule has 2 heterocycles. The molecule has 1 aromatic carbocycles. The highest BCUT2D eigenvalue weighted by Gasteiger charge is 2.26. The second kappa shape index (κ2) is 8.60. The largest absolute Gasteiger partial charge is 0.508 e. The maximum Gasteiger partial charge on any atom is 0.124 e. The van der Waals surface area contributed by atoms with Crippen LogP contribution in [-0.4, -0.2) is 41.3 Å². The number of phenolic OH excluding ortho intramolecular Hbond substituents is 2. The number of nitrogens with zero attached hydrogens (tertiary/aromatic N) is 1. The number of rotatable bonds is 3. The second-order valence-electron chi connectivity index (χ2n) is 4.95. The highest BCUT2D eigenvalue weighted by atomic mass is 35.5. The molecule has 22 heavy (non-hydrogen) atoms. The Kier molecular flexibility index (Phi) is 7.45. The number of hydrogen-bond donors (Lipinski definition) is 3. The minimum Gasteiger partial charge on any atom is -0.508 e. The number of benzene rings is 1. The number of thiophene rings is 1. The van der Waals surface area contributed by atoms with E-state index in [2.05, 4.69) is 21.7 Å². The van der Waals surface area contributed by atoms with Gasteiger partial charge in [-0.25, -0.2) is 0 Å². The lowest BCUT2D eigenvalue weighted by Gasteiger charge is -2.35. The fourth-order valence-electron chi connectivity index (χ4n) is 2.68. The Morgan fingerprint density at radius 1 is 1.09 bits per heavy atom. The molecule has 0 saturated carbocycles. The normalized spacial score (nSPS) is 16.4. The molecular formula is C15H20Cl2N2O2S. The summed E-state index contributed by atoms with van der Waals surface area (Å²) in [5.74, 6) is 0.249. The van der Waals surface area contributed by atoms with Crippen molar-refractivity contribution in [3.8, 4) is 11.5 Å². The van der Waals surface area contributed by atoms with Crippen LogP contribution in [0.25, 0.3) is 0 Å². The molecule has 0 bridgehead atoms. The molecule has 1 saturated heterocycles. The molecule has 1 aromatic heterocycles. The van der Waals surface area contributed by atoms with E-state index in [9.17, 15) is 10.2 Å². The van der Waals surface area contributed by atoms with Gasteiger partial charge in [-0.15, -0.1) is 36.2 Å². The third-order valence-electron chi connectivity index (χ3n) is 3.64. The quantitative estimate of drug-likeness (QED) is 0.785. The van der Waals surface area contributed by atoms with E-state index < -0.39 is 0 Å². The SMILES string of the molecule is Cl.Cl.Oc1ccc([C@H](c2cccs2)N2CCNCC2)c(O)c1. The van der Waals surface area contributed by atoms with Crippen LogP contribution in [0, 0.1) is 0 Å². The molecule has 2 aromatic rings. The van der Waals surface area contributed by atoms with Gasteiger partial charge in [0.05, 0.1) is 6.04 Å². The smallest absolute Gasteiger partial charge is 0.124 e. The van der Waals surface area contributed by atoms with Gasteiger partial charge in [0.15, 0.2) is 0 Å². The van der Waals surface area contributed by atoms with E-state index in [4.69, 9.17) is 0 Å². The maximum atomic E-state index is 10.2. The fraction of sp³-hybridized carbons (Fsp3) is 0.333. The number of phenols is 2. The van der Waals surface area contributed by atoms with Crippen molar-refractivity contribution in [2.45, 2.75) is 6.04 Å². The Morgan fingerprint density at radius 2 is 1.82 bits per heavy atom. The van der Waals surface area contributed by atoms with Crippen LogP contribution >= 0.6 is 36.2 Å². The Morgan fingerprint density at radius 3 is 2.41 bits per heavy atom. The second-order valence-corrected chi connectivity index (χ2v) is 5.93. The van der Waals surface area contributed by atoms with Gasteiger partial charge < -0.3 is 15.5 Å². The first-order valence-electron chi connectivity index (χ1n) is 6.76. The van der Waals surface area contributed by atoms with Crippen molar-refractivity contribution >= 4 is 36.2 Å². The van der Waals surface area contributed by atoms with Crippen LogP contribution in [0.3, 0.4) is 0 Å². The number of aromatic hydroxyl groups is 2.